The first kappa shape index (κ1) is 14.5. The Hall–Kier alpha value is -1.89. The molecule has 2 rings (SSSR count). The maximum atomic E-state index is 11.6. The lowest BCUT2D eigenvalue weighted by molar-refractivity contribution is -0.121. The summed E-state index contributed by atoms with van der Waals surface area (Å²) in [5.74, 6) is 1.98. The average molecular weight is 279 g/mol. The molecule has 0 aromatic carbocycles. The topological polar surface area (TPSA) is 93.4 Å². The van der Waals surface area contributed by atoms with Gasteiger partial charge in [0.25, 0.3) is 0 Å². The van der Waals surface area contributed by atoms with Crippen LogP contribution in [-0.2, 0) is 9.53 Å². The molecule has 0 spiro atoms. The summed E-state index contributed by atoms with van der Waals surface area (Å²) in [6.07, 6.45) is 0. The van der Waals surface area contributed by atoms with Crippen molar-refractivity contribution in [3.63, 3.8) is 0 Å². The number of morpholine rings is 1. The lowest BCUT2D eigenvalue weighted by Crippen LogP contribution is -2.53. The Bertz CT molecular complexity index is 492. The number of carbonyl (C=O) groups excluding carboxylic acids is 1. The number of nitrogens with zero attached hydrogens (tertiary/aromatic N) is 3. The molecule has 1 atom stereocenters. The molecule has 0 aliphatic carbocycles. The molecule has 1 amide bonds. The highest BCUT2D eigenvalue weighted by molar-refractivity contribution is 5.83. The van der Waals surface area contributed by atoms with E-state index in [9.17, 15) is 4.79 Å². The number of carbonyl (C=O) groups is 1. The highest BCUT2D eigenvalue weighted by Gasteiger charge is 2.29. The highest BCUT2D eigenvalue weighted by atomic mass is 16.5. The van der Waals surface area contributed by atoms with Crippen LogP contribution in [0.15, 0.2) is 6.07 Å². The van der Waals surface area contributed by atoms with Crippen molar-refractivity contribution in [1.29, 1.82) is 0 Å². The van der Waals surface area contributed by atoms with Crippen molar-refractivity contribution < 1.29 is 9.53 Å². The number of anilines is 2. The summed E-state index contributed by atoms with van der Waals surface area (Å²) in [4.78, 5) is 22.4. The second kappa shape index (κ2) is 6.04. The summed E-state index contributed by atoms with van der Waals surface area (Å²) >= 11 is 0. The molecule has 20 heavy (non-hydrogen) atoms. The Morgan fingerprint density at radius 2 is 2.30 bits per heavy atom. The van der Waals surface area contributed by atoms with Gasteiger partial charge in [-0.25, -0.2) is 9.97 Å². The van der Waals surface area contributed by atoms with E-state index in [-0.39, 0.29) is 5.92 Å². The Kier molecular flexibility index (Phi) is 4.39. The zero-order chi connectivity index (χ0) is 14.7. The van der Waals surface area contributed by atoms with Crippen molar-refractivity contribution in [2.24, 2.45) is 5.73 Å². The predicted octanol–water partition coefficient (Wildman–Crippen LogP) is 0.332. The van der Waals surface area contributed by atoms with Gasteiger partial charge in [-0.1, -0.05) is 13.8 Å². The van der Waals surface area contributed by atoms with Crippen LogP contribution >= 0.6 is 0 Å². The van der Waals surface area contributed by atoms with E-state index < -0.39 is 11.9 Å². The Labute approximate surface area is 118 Å². The summed E-state index contributed by atoms with van der Waals surface area (Å²) in [5, 5.41) is 3.02. The van der Waals surface area contributed by atoms with Gasteiger partial charge in [-0.15, -0.1) is 0 Å². The quantitative estimate of drug-likeness (QED) is 0.825. The van der Waals surface area contributed by atoms with Gasteiger partial charge in [-0.05, 0) is 0 Å². The van der Waals surface area contributed by atoms with E-state index in [1.165, 1.54) is 0 Å². The van der Waals surface area contributed by atoms with Gasteiger partial charge in [0.15, 0.2) is 0 Å². The van der Waals surface area contributed by atoms with Crippen LogP contribution in [0.3, 0.4) is 0 Å². The number of nitrogens with one attached hydrogen (secondary N) is 1. The number of rotatable bonds is 4. The Morgan fingerprint density at radius 3 is 2.90 bits per heavy atom. The van der Waals surface area contributed by atoms with Crippen molar-refractivity contribution in [3.8, 4) is 0 Å². The maximum Gasteiger partial charge on any atom is 0.242 e. The molecule has 0 radical (unpaired) electrons. The van der Waals surface area contributed by atoms with Crippen LogP contribution in [0.2, 0.25) is 0 Å². The molecular formula is C13H21N5O2. The second-order valence-corrected chi connectivity index (χ2v) is 5.06. The molecule has 0 saturated carbocycles. The molecule has 1 aromatic heterocycles. The first-order valence-electron chi connectivity index (χ1n) is 6.73. The number of hydrogen-bond acceptors (Lipinski definition) is 6. The van der Waals surface area contributed by atoms with Crippen LogP contribution in [-0.4, -0.2) is 48.7 Å². The molecule has 0 bridgehead atoms. The fraction of sp³-hybridized carbons (Fsp3) is 0.615. The SMILES string of the molecule is CNc1cc(N2CCOCC2C(N)=O)nc(C(C)C)n1. The molecule has 7 nitrogen and oxygen atoms in total. The van der Waals surface area contributed by atoms with Gasteiger partial charge in [0, 0.05) is 25.6 Å². The molecule has 110 valence electrons. The zero-order valence-corrected chi connectivity index (χ0v) is 12.1. The summed E-state index contributed by atoms with van der Waals surface area (Å²) in [7, 11) is 1.81. The van der Waals surface area contributed by atoms with Crippen LogP contribution in [0, 0.1) is 0 Å². The lowest BCUT2D eigenvalue weighted by atomic mass is 10.2. The predicted molar refractivity (Wildman–Crippen MR) is 76.8 cm³/mol. The zero-order valence-electron chi connectivity index (χ0n) is 12.1. The van der Waals surface area contributed by atoms with E-state index in [1.54, 1.807) is 7.05 Å². The molecule has 1 aliphatic heterocycles. The minimum atomic E-state index is -0.483. The van der Waals surface area contributed by atoms with Crippen LogP contribution in [0.1, 0.15) is 25.6 Å². The molecule has 1 saturated heterocycles. The van der Waals surface area contributed by atoms with E-state index in [2.05, 4.69) is 15.3 Å². The van der Waals surface area contributed by atoms with Crippen molar-refractivity contribution in [2.75, 3.05) is 37.0 Å². The number of aromatic nitrogens is 2. The standard InChI is InChI=1S/C13H21N5O2/c1-8(2)13-16-10(15-3)6-11(17-13)18-4-5-20-7-9(18)12(14)19/h6,8-9H,4-5,7H2,1-3H3,(H2,14,19)(H,15,16,17). The van der Waals surface area contributed by atoms with E-state index in [0.29, 0.717) is 25.6 Å². The van der Waals surface area contributed by atoms with Crippen LogP contribution in [0.25, 0.3) is 0 Å². The van der Waals surface area contributed by atoms with Crippen LogP contribution in [0.5, 0.6) is 0 Å². The third-order valence-electron chi connectivity index (χ3n) is 3.25. The molecule has 3 N–H and O–H groups in total. The fourth-order valence-electron chi connectivity index (χ4n) is 2.10. The highest BCUT2D eigenvalue weighted by Crippen LogP contribution is 2.22. The maximum absolute atomic E-state index is 11.6. The average Bonchev–Trinajstić information content (AvgIpc) is 2.46. The number of amides is 1. The monoisotopic (exact) mass is 279 g/mol. The van der Waals surface area contributed by atoms with Crippen molar-refractivity contribution in [3.05, 3.63) is 11.9 Å². The Morgan fingerprint density at radius 1 is 1.55 bits per heavy atom. The summed E-state index contributed by atoms with van der Waals surface area (Å²) in [5.41, 5.74) is 5.44. The van der Waals surface area contributed by atoms with Gasteiger partial charge in [0.05, 0.1) is 13.2 Å². The number of ether oxygens (including phenoxy) is 1. The number of primary amides is 1. The molecule has 1 fully saturated rings. The summed E-state index contributed by atoms with van der Waals surface area (Å²) in [6, 6.07) is 1.34. The van der Waals surface area contributed by atoms with Gasteiger partial charge in [-0.3, -0.25) is 4.79 Å². The first-order chi connectivity index (χ1) is 9.52. The smallest absolute Gasteiger partial charge is 0.242 e. The second-order valence-electron chi connectivity index (χ2n) is 5.06. The largest absolute Gasteiger partial charge is 0.377 e. The summed E-state index contributed by atoms with van der Waals surface area (Å²) < 4.78 is 5.33. The van der Waals surface area contributed by atoms with Crippen molar-refractivity contribution in [1.82, 2.24) is 9.97 Å². The van der Waals surface area contributed by atoms with Crippen molar-refractivity contribution in [2.45, 2.75) is 25.8 Å². The van der Waals surface area contributed by atoms with E-state index in [4.69, 9.17) is 10.5 Å². The molecule has 1 aliphatic rings. The van der Waals surface area contributed by atoms with Crippen LogP contribution < -0.4 is 16.0 Å². The van der Waals surface area contributed by atoms with E-state index in [0.717, 1.165) is 11.6 Å². The van der Waals surface area contributed by atoms with Gasteiger partial charge in [0.2, 0.25) is 5.91 Å². The Balaban J connectivity index is 2.38. The molecular weight excluding hydrogens is 258 g/mol. The van der Waals surface area contributed by atoms with Gasteiger partial charge in [-0.2, -0.15) is 0 Å². The molecule has 7 heteroatoms. The van der Waals surface area contributed by atoms with E-state index >= 15 is 0 Å². The lowest BCUT2D eigenvalue weighted by Gasteiger charge is -2.34. The van der Waals surface area contributed by atoms with Gasteiger partial charge < -0.3 is 20.7 Å². The number of hydrogen-bond donors (Lipinski definition) is 2. The normalized spacial score (nSPS) is 19.2. The van der Waals surface area contributed by atoms with E-state index in [1.807, 2.05) is 24.8 Å². The molecule has 1 unspecified atom stereocenters. The van der Waals surface area contributed by atoms with Gasteiger partial charge >= 0.3 is 0 Å². The number of nitrogens with two attached hydrogens (primary N) is 1. The minimum Gasteiger partial charge on any atom is -0.377 e. The third-order valence-corrected chi connectivity index (χ3v) is 3.25. The first-order valence-corrected chi connectivity index (χ1v) is 6.73. The van der Waals surface area contributed by atoms with Crippen LogP contribution in [0.4, 0.5) is 11.6 Å². The fourth-order valence-corrected chi connectivity index (χ4v) is 2.10. The summed E-state index contributed by atoms with van der Waals surface area (Å²) in [6.45, 7) is 5.50. The minimum absolute atomic E-state index is 0.204. The van der Waals surface area contributed by atoms with Gasteiger partial charge in [0.1, 0.15) is 23.5 Å². The molecule has 1 aromatic rings. The third kappa shape index (κ3) is 2.98. The molecule has 2 heterocycles. The van der Waals surface area contributed by atoms with Crippen molar-refractivity contribution >= 4 is 17.5 Å².